The van der Waals surface area contributed by atoms with E-state index in [1.54, 1.807) is 0 Å². The summed E-state index contributed by atoms with van der Waals surface area (Å²) in [5.74, 6) is 2.15. The molecule has 4 bridgehead atoms. The van der Waals surface area contributed by atoms with Crippen LogP contribution >= 0.6 is 11.8 Å². The lowest BCUT2D eigenvalue weighted by molar-refractivity contribution is -0.117. The number of aryl methyl sites for hydroxylation is 1. The minimum atomic E-state index is -0.340. The molecule has 0 aliphatic heterocycles. The number of H-pyrrole nitrogens is 1. The van der Waals surface area contributed by atoms with Gasteiger partial charge in [0.2, 0.25) is 5.91 Å². The molecular formula is C21H26N4O2S. The molecule has 4 saturated carbocycles. The van der Waals surface area contributed by atoms with E-state index in [9.17, 15) is 9.59 Å². The molecule has 0 atom stereocenters. The van der Waals surface area contributed by atoms with Gasteiger partial charge in [0.15, 0.2) is 5.16 Å². The quantitative estimate of drug-likeness (QED) is 0.685. The van der Waals surface area contributed by atoms with Crippen molar-refractivity contribution >= 4 is 34.7 Å². The number of aromatic nitrogens is 2. The molecule has 1 aromatic carbocycles. The first-order valence-corrected chi connectivity index (χ1v) is 11.2. The molecule has 0 unspecified atom stereocenters. The maximum atomic E-state index is 12.5. The van der Waals surface area contributed by atoms with E-state index >= 15 is 0 Å². The molecule has 1 heterocycles. The zero-order chi connectivity index (χ0) is 19.3. The molecule has 4 aliphatic rings. The van der Waals surface area contributed by atoms with Gasteiger partial charge in [-0.05, 0) is 80.9 Å². The second-order valence-corrected chi connectivity index (χ2v) is 10.0. The Morgan fingerprint density at radius 2 is 1.86 bits per heavy atom. The van der Waals surface area contributed by atoms with Crippen molar-refractivity contribution in [2.24, 2.45) is 17.8 Å². The Labute approximate surface area is 168 Å². The fourth-order valence-electron chi connectivity index (χ4n) is 6.00. The van der Waals surface area contributed by atoms with Crippen molar-refractivity contribution in [2.45, 2.75) is 56.1 Å². The average Bonchev–Trinajstić information content (AvgIpc) is 3.00. The Balaban J connectivity index is 1.15. The molecule has 4 aliphatic carbocycles. The van der Waals surface area contributed by atoms with Gasteiger partial charge in [-0.15, -0.1) is 0 Å². The molecule has 0 spiro atoms. The number of amides is 3. The van der Waals surface area contributed by atoms with Gasteiger partial charge >= 0.3 is 6.03 Å². The molecule has 1 aromatic heterocycles. The summed E-state index contributed by atoms with van der Waals surface area (Å²) in [5.41, 5.74) is 2.92. The monoisotopic (exact) mass is 398 g/mol. The summed E-state index contributed by atoms with van der Waals surface area (Å²) in [6.07, 6.45) is 7.22. The lowest BCUT2D eigenvalue weighted by Crippen LogP contribution is -2.61. The largest absolute Gasteiger partial charge is 0.333 e. The molecule has 7 heteroatoms. The number of carbonyl (C=O) groups is 2. The number of hydrogen-bond acceptors (Lipinski definition) is 4. The molecule has 0 radical (unpaired) electrons. The molecule has 28 heavy (non-hydrogen) atoms. The van der Waals surface area contributed by atoms with Gasteiger partial charge in [0.1, 0.15) is 0 Å². The molecule has 0 saturated heterocycles. The van der Waals surface area contributed by atoms with Gasteiger partial charge in [-0.25, -0.2) is 9.78 Å². The molecular weight excluding hydrogens is 372 g/mol. The van der Waals surface area contributed by atoms with Crippen molar-refractivity contribution in [3.05, 3.63) is 23.8 Å². The van der Waals surface area contributed by atoms with Crippen LogP contribution in [-0.4, -0.2) is 33.2 Å². The lowest BCUT2D eigenvalue weighted by atomic mass is 9.53. The summed E-state index contributed by atoms with van der Waals surface area (Å²) in [6.45, 7) is 2.03. The minimum absolute atomic E-state index is 0.0805. The topological polar surface area (TPSA) is 86.9 Å². The number of thioether (sulfide) groups is 1. The number of hydrogen-bond donors (Lipinski definition) is 3. The van der Waals surface area contributed by atoms with Crippen molar-refractivity contribution < 1.29 is 9.59 Å². The molecule has 4 fully saturated rings. The van der Waals surface area contributed by atoms with Gasteiger partial charge in [-0.2, -0.15) is 0 Å². The van der Waals surface area contributed by atoms with E-state index in [0.29, 0.717) is 5.16 Å². The Bertz CT molecular complexity index is 902. The summed E-state index contributed by atoms with van der Waals surface area (Å²) in [4.78, 5) is 32.4. The van der Waals surface area contributed by atoms with Gasteiger partial charge in [0.05, 0.1) is 16.8 Å². The van der Waals surface area contributed by atoms with Gasteiger partial charge in [-0.1, -0.05) is 17.8 Å². The predicted octanol–water partition coefficient (Wildman–Crippen LogP) is 3.76. The molecule has 148 valence electrons. The Hall–Kier alpha value is -2.02. The van der Waals surface area contributed by atoms with E-state index in [2.05, 4.69) is 20.6 Å². The highest BCUT2D eigenvalue weighted by Crippen LogP contribution is 2.55. The SMILES string of the molecule is Cc1ccc2nc(SCC(=O)NC(=O)NC34CC5CC(CC(C5)C3)C4)[nH]c2c1. The summed E-state index contributed by atoms with van der Waals surface area (Å²) < 4.78 is 0. The van der Waals surface area contributed by atoms with Crippen LogP contribution in [0.1, 0.15) is 44.1 Å². The van der Waals surface area contributed by atoms with E-state index < -0.39 is 0 Å². The highest BCUT2D eigenvalue weighted by molar-refractivity contribution is 7.99. The average molecular weight is 399 g/mol. The van der Waals surface area contributed by atoms with Gasteiger partial charge < -0.3 is 10.3 Å². The molecule has 2 aromatic rings. The Morgan fingerprint density at radius 1 is 1.18 bits per heavy atom. The number of aromatic amines is 1. The van der Waals surface area contributed by atoms with Crippen LogP contribution in [0.15, 0.2) is 23.4 Å². The number of carbonyl (C=O) groups excluding carboxylic acids is 2. The predicted molar refractivity (Wildman–Crippen MR) is 109 cm³/mol. The van der Waals surface area contributed by atoms with Crippen LogP contribution in [0.5, 0.6) is 0 Å². The minimum Gasteiger partial charge on any atom is -0.333 e. The first-order chi connectivity index (χ1) is 13.5. The normalized spacial score (nSPS) is 30.5. The van der Waals surface area contributed by atoms with Crippen LogP contribution in [0.3, 0.4) is 0 Å². The van der Waals surface area contributed by atoms with E-state index in [1.165, 1.54) is 31.0 Å². The number of rotatable bonds is 4. The molecule has 3 amide bonds. The van der Waals surface area contributed by atoms with E-state index in [1.807, 2.05) is 25.1 Å². The second-order valence-electron chi connectivity index (χ2n) is 9.05. The Kier molecular flexibility index (Phi) is 4.38. The van der Waals surface area contributed by atoms with Gasteiger partial charge in [0.25, 0.3) is 0 Å². The number of imidazole rings is 1. The first kappa shape index (κ1) is 18.0. The van der Waals surface area contributed by atoms with E-state index in [0.717, 1.165) is 53.6 Å². The van der Waals surface area contributed by atoms with E-state index in [4.69, 9.17) is 0 Å². The van der Waals surface area contributed by atoms with Crippen LogP contribution in [0.25, 0.3) is 11.0 Å². The third-order valence-corrected chi connectivity index (χ3v) is 7.50. The number of benzene rings is 1. The van der Waals surface area contributed by atoms with Crippen LogP contribution in [0, 0.1) is 24.7 Å². The summed E-state index contributed by atoms with van der Waals surface area (Å²) in [6, 6.07) is 5.67. The van der Waals surface area contributed by atoms with Crippen LogP contribution in [0.4, 0.5) is 4.79 Å². The van der Waals surface area contributed by atoms with Crippen LogP contribution < -0.4 is 10.6 Å². The summed E-state index contributed by atoms with van der Waals surface area (Å²) >= 11 is 1.31. The number of nitrogens with one attached hydrogen (secondary N) is 3. The van der Waals surface area contributed by atoms with Crippen LogP contribution in [-0.2, 0) is 4.79 Å². The van der Waals surface area contributed by atoms with Crippen molar-refractivity contribution in [1.82, 2.24) is 20.6 Å². The fourth-order valence-corrected chi connectivity index (χ4v) is 6.69. The molecule has 3 N–H and O–H groups in total. The van der Waals surface area contributed by atoms with Gasteiger partial charge in [0, 0.05) is 5.54 Å². The highest BCUT2D eigenvalue weighted by Gasteiger charge is 2.51. The van der Waals surface area contributed by atoms with Crippen molar-refractivity contribution in [3.63, 3.8) is 0 Å². The summed E-state index contributed by atoms with van der Waals surface area (Å²) in [7, 11) is 0. The summed E-state index contributed by atoms with van der Waals surface area (Å²) in [5, 5.41) is 6.39. The lowest BCUT2D eigenvalue weighted by Gasteiger charge is -2.56. The molecule has 6 nitrogen and oxygen atoms in total. The second kappa shape index (κ2) is 6.79. The zero-order valence-electron chi connectivity index (χ0n) is 16.1. The van der Waals surface area contributed by atoms with Gasteiger partial charge in [-0.3, -0.25) is 10.1 Å². The third kappa shape index (κ3) is 3.52. The standard InChI is InChI=1S/C21H26N4O2S/c1-12-2-3-16-17(4-12)23-20(22-16)28-11-18(26)24-19(27)25-21-8-13-5-14(9-21)7-15(6-13)10-21/h2-4,13-15H,5-11H2,1H3,(H,22,23)(H2,24,25,26,27). The number of imide groups is 1. The Morgan fingerprint density at radius 3 is 2.54 bits per heavy atom. The third-order valence-electron chi connectivity index (χ3n) is 6.63. The smallest absolute Gasteiger partial charge is 0.321 e. The number of nitrogens with zero attached hydrogens (tertiary/aromatic N) is 1. The fraction of sp³-hybridized carbons (Fsp3) is 0.571. The maximum Gasteiger partial charge on any atom is 0.321 e. The van der Waals surface area contributed by atoms with Crippen molar-refractivity contribution in [3.8, 4) is 0 Å². The van der Waals surface area contributed by atoms with E-state index in [-0.39, 0.29) is 23.2 Å². The van der Waals surface area contributed by atoms with Crippen molar-refractivity contribution in [1.29, 1.82) is 0 Å². The maximum absolute atomic E-state index is 12.5. The number of urea groups is 1. The zero-order valence-corrected chi connectivity index (χ0v) is 16.9. The highest BCUT2D eigenvalue weighted by atomic mass is 32.2. The van der Waals surface area contributed by atoms with Crippen molar-refractivity contribution in [2.75, 3.05) is 5.75 Å². The first-order valence-electron chi connectivity index (χ1n) is 10.2. The number of fused-ring (bicyclic) bond motifs is 1. The molecule has 6 rings (SSSR count). The van der Waals surface area contributed by atoms with Crippen LogP contribution in [0.2, 0.25) is 0 Å².